The molecule has 0 radical (unpaired) electrons. The Hall–Kier alpha value is -1.36. The summed E-state index contributed by atoms with van der Waals surface area (Å²) in [6.07, 6.45) is -0.838. The Morgan fingerprint density at radius 2 is 2.25 bits per heavy atom. The van der Waals surface area contributed by atoms with Crippen LogP contribution >= 0.6 is 15.9 Å². The topological polar surface area (TPSA) is 63.6 Å². The van der Waals surface area contributed by atoms with Gasteiger partial charge in [-0.05, 0) is 30.2 Å². The van der Waals surface area contributed by atoms with Crippen LogP contribution in [0.4, 0.5) is 0 Å². The molecular formula is C11H9BrO4. The average molecular weight is 285 g/mol. The van der Waals surface area contributed by atoms with Crippen molar-refractivity contribution in [2.45, 2.75) is 19.4 Å². The van der Waals surface area contributed by atoms with Gasteiger partial charge < -0.3 is 9.84 Å². The highest BCUT2D eigenvalue weighted by molar-refractivity contribution is 9.10. The molecule has 1 aliphatic heterocycles. The fraction of sp³-hybridized carbons (Fsp3) is 0.273. The number of carboxylic acids is 1. The van der Waals surface area contributed by atoms with Crippen molar-refractivity contribution in [3.63, 3.8) is 0 Å². The predicted molar refractivity (Wildman–Crippen MR) is 59.4 cm³/mol. The molecule has 0 saturated carbocycles. The maximum atomic E-state index is 11.6. The van der Waals surface area contributed by atoms with Gasteiger partial charge in [-0.15, -0.1) is 0 Å². The summed E-state index contributed by atoms with van der Waals surface area (Å²) < 4.78 is 5.61. The van der Waals surface area contributed by atoms with Crippen molar-refractivity contribution in [2.75, 3.05) is 0 Å². The number of benzene rings is 1. The Balaban J connectivity index is 2.50. The molecule has 1 aromatic carbocycles. The predicted octanol–water partition coefficient (Wildman–Crippen LogP) is 1.92. The molecule has 4 nitrogen and oxygen atoms in total. The van der Waals surface area contributed by atoms with Crippen molar-refractivity contribution in [1.82, 2.24) is 0 Å². The molecule has 0 aliphatic carbocycles. The monoisotopic (exact) mass is 284 g/mol. The molecule has 1 heterocycles. The number of halogens is 1. The van der Waals surface area contributed by atoms with E-state index in [1.54, 1.807) is 6.07 Å². The summed E-state index contributed by atoms with van der Waals surface area (Å²) in [6, 6.07) is 3.51. The second-order valence-corrected chi connectivity index (χ2v) is 4.60. The zero-order valence-electron chi connectivity index (χ0n) is 8.49. The molecule has 1 atom stereocenters. The summed E-state index contributed by atoms with van der Waals surface area (Å²) in [6.45, 7) is 1.85. The third-order valence-corrected chi connectivity index (χ3v) is 3.03. The van der Waals surface area contributed by atoms with E-state index < -0.39 is 18.0 Å². The molecule has 0 fully saturated rings. The van der Waals surface area contributed by atoms with Gasteiger partial charge in [-0.25, -0.2) is 9.59 Å². The van der Waals surface area contributed by atoms with Gasteiger partial charge in [0.05, 0.1) is 5.56 Å². The van der Waals surface area contributed by atoms with E-state index in [1.165, 1.54) is 0 Å². The SMILES string of the molecule is Cc1cc(Br)cc2c1CC(C(=O)O)OC2=O. The smallest absolute Gasteiger partial charge is 0.345 e. The zero-order valence-corrected chi connectivity index (χ0v) is 10.1. The lowest BCUT2D eigenvalue weighted by Gasteiger charge is -2.23. The number of aryl methyl sites for hydroxylation is 1. The minimum absolute atomic E-state index is 0.232. The standard InChI is InChI=1S/C11H9BrO4/c1-5-2-6(12)3-8-7(5)4-9(10(13)14)16-11(8)15/h2-3,9H,4H2,1H3,(H,13,14). The van der Waals surface area contributed by atoms with E-state index in [4.69, 9.17) is 9.84 Å². The van der Waals surface area contributed by atoms with Crippen molar-refractivity contribution in [3.8, 4) is 0 Å². The van der Waals surface area contributed by atoms with Crippen molar-refractivity contribution in [3.05, 3.63) is 33.3 Å². The fourth-order valence-corrected chi connectivity index (χ4v) is 2.36. The van der Waals surface area contributed by atoms with Crippen LogP contribution in [0.1, 0.15) is 21.5 Å². The summed E-state index contributed by atoms with van der Waals surface area (Å²) in [4.78, 5) is 22.4. The molecule has 0 amide bonds. The number of carbonyl (C=O) groups is 2. The quantitative estimate of drug-likeness (QED) is 0.801. The van der Waals surface area contributed by atoms with E-state index in [2.05, 4.69) is 15.9 Å². The number of hydrogen-bond donors (Lipinski definition) is 1. The number of ether oxygens (including phenoxy) is 1. The number of aliphatic carboxylic acids is 1. The minimum Gasteiger partial charge on any atom is -0.478 e. The molecule has 0 aromatic heterocycles. The Morgan fingerprint density at radius 1 is 1.56 bits per heavy atom. The Kier molecular flexibility index (Phi) is 2.71. The molecular weight excluding hydrogens is 276 g/mol. The van der Waals surface area contributed by atoms with Crippen LogP contribution in [0.15, 0.2) is 16.6 Å². The van der Waals surface area contributed by atoms with Crippen LogP contribution in [0.5, 0.6) is 0 Å². The molecule has 16 heavy (non-hydrogen) atoms. The van der Waals surface area contributed by atoms with E-state index in [-0.39, 0.29) is 6.42 Å². The van der Waals surface area contributed by atoms with Gasteiger partial charge in [0.2, 0.25) is 6.10 Å². The molecule has 0 saturated heterocycles. The Bertz CT molecular complexity index is 481. The van der Waals surface area contributed by atoms with E-state index in [1.807, 2.05) is 13.0 Å². The van der Waals surface area contributed by atoms with Crippen LogP contribution in [-0.2, 0) is 16.0 Å². The lowest BCUT2D eigenvalue weighted by Crippen LogP contribution is -2.34. The maximum Gasteiger partial charge on any atom is 0.345 e. The molecule has 0 spiro atoms. The first-order valence-corrected chi connectivity index (χ1v) is 5.51. The number of carboxylic acid groups (broad SMARTS) is 1. The van der Waals surface area contributed by atoms with Gasteiger partial charge in [-0.1, -0.05) is 15.9 Å². The van der Waals surface area contributed by atoms with Crippen LogP contribution in [0.2, 0.25) is 0 Å². The third-order valence-electron chi connectivity index (χ3n) is 2.57. The summed E-state index contributed by atoms with van der Waals surface area (Å²) in [5.41, 5.74) is 2.10. The molecule has 1 N–H and O–H groups in total. The maximum absolute atomic E-state index is 11.6. The van der Waals surface area contributed by atoms with Crippen LogP contribution in [0.3, 0.4) is 0 Å². The molecule has 1 aromatic rings. The van der Waals surface area contributed by atoms with Crippen LogP contribution in [0, 0.1) is 6.92 Å². The summed E-state index contributed by atoms with van der Waals surface area (Å²) in [5, 5.41) is 8.84. The molecule has 0 bridgehead atoms. The molecule has 2 rings (SSSR count). The normalized spacial score (nSPS) is 18.9. The van der Waals surface area contributed by atoms with Crippen molar-refractivity contribution in [2.24, 2.45) is 0 Å². The second kappa shape index (κ2) is 3.90. The lowest BCUT2D eigenvalue weighted by molar-refractivity contribution is -0.147. The van der Waals surface area contributed by atoms with E-state index in [0.29, 0.717) is 5.56 Å². The number of fused-ring (bicyclic) bond motifs is 1. The van der Waals surface area contributed by atoms with Gasteiger partial charge >= 0.3 is 11.9 Å². The van der Waals surface area contributed by atoms with E-state index in [0.717, 1.165) is 15.6 Å². The number of esters is 1. The number of carbonyl (C=O) groups excluding carboxylic acids is 1. The van der Waals surface area contributed by atoms with Gasteiger partial charge in [-0.2, -0.15) is 0 Å². The van der Waals surface area contributed by atoms with E-state index in [9.17, 15) is 9.59 Å². The highest BCUT2D eigenvalue weighted by Gasteiger charge is 2.32. The van der Waals surface area contributed by atoms with Crippen LogP contribution in [-0.4, -0.2) is 23.1 Å². The van der Waals surface area contributed by atoms with Gasteiger partial charge in [0, 0.05) is 10.9 Å². The third kappa shape index (κ3) is 1.82. The highest BCUT2D eigenvalue weighted by Crippen LogP contribution is 2.27. The first-order chi connectivity index (χ1) is 7.49. The lowest BCUT2D eigenvalue weighted by atomic mass is 9.94. The second-order valence-electron chi connectivity index (χ2n) is 3.69. The minimum atomic E-state index is -1.11. The number of hydrogen-bond acceptors (Lipinski definition) is 3. The van der Waals surface area contributed by atoms with Crippen molar-refractivity contribution >= 4 is 27.9 Å². The summed E-state index contributed by atoms with van der Waals surface area (Å²) in [7, 11) is 0. The molecule has 5 heteroatoms. The first-order valence-electron chi connectivity index (χ1n) is 4.72. The fourth-order valence-electron chi connectivity index (χ4n) is 1.78. The van der Waals surface area contributed by atoms with Gasteiger partial charge in [0.1, 0.15) is 0 Å². The number of cyclic esters (lactones) is 1. The average Bonchev–Trinajstić information content (AvgIpc) is 2.19. The van der Waals surface area contributed by atoms with Crippen LogP contribution < -0.4 is 0 Å². The first kappa shape index (κ1) is 11.1. The van der Waals surface area contributed by atoms with Crippen molar-refractivity contribution in [1.29, 1.82) is 0 Å². The number of rotatable bonds is 1. The highest BCUT2D eigenvalue weighted by atomic mass is 79.9. The van der Waals surface area contributed by atoms with E-state index >= 15 is 0 Å². The largest absolute Gasteiger partial charge is 0.478 e. The molecule has 1 unspecified atom stereocenters. The summed E-state index contributed by atoms with van der Waals surface area (Å²) in [5.74, 6) is -1.68. The zero-order chi connectivity index (χ0) is 11.9. The Morgan fingerprint density at radius 3 is 2.88 bits per heavy atom. The van der Waals surface area contributed by atoms with Gasteiger partial charge in [0.25, 0.3) is 0 Å². The molecule has 84 valence electrons. The van der Waals surface area contributed by atoms with Crippen LogP contribution in [0.25, 0.3) is 0 Å². The van der Waals surface area contributed by atoms with Gasteiger partial charge in [-0.3, -0.25) is 0 Å². The van der Waals surface area contributed by atoms with Gasteiger partial charge in [0.15, 0.2) is 0 Å². The van der Waals surface area contributed by atoms with Crippen molar-refractivity contribution < 1.29 is 19.4 Å². The Labute approximate surface area is 100 Å². The summed E-state index contributed by atoms with van der Waals surface area (Å²) >= 11 is 3.29. The molecule has 1 aliphatic rings.